The van der Waals surface area contributed by atoms with E-state index in [9.17, 15) is 29.4 Å². The number of carboxylic acids is 1. The van der Waals surface area contributed by atoms with Crippen LogP contribution in [0, 0.1) is 5.92 Å². The molecule has 1 N–H and O–H groups in total. The third-order valence-electron chi connectivity index (χ3n) is 5.72. The van der Waals surface area contributed by atoms with Gasteiger partial charge in [0.15, 0.2) is 0 Å². The summed E-state index contributed by atoms with van der Waals surface area (Å²) in [5, 5.41) is 21.5. The van der Waals surface area contributed by atoms with Crippen molar-refractivity contribution in [2.24, 2.45) is 5.92 Å². The van der Waals surface area contributed by atoms with Gasteiger partial charge in [-0.2, -0.15) is 0 Å². The molecule has 0 saturated carbocycles. The van der Waals surface area contributed by atoms with Crippen LogP contribution >= 0.6 is 0 Å². The van der Waals surface area contributed by atoms with E-state index in [1.165, 1.54) is 16.7 Å². The number of carbonyl (C=O) groups is 4. The second-order valence-corrected chi connectivity index (χ2v) is 7.43. The number of benzene rings is 1. The monoisotopic (exact) mass is 406 g/mol. The van der Waals surface area contributed by atoms with Gasteiger partial charge in [-0.05, 0) is 30.0 Å². The maximum Gasteiger partial charge on any atom is 1.00 e. The van der Waals surface area contributed by atoms with Crippen molar-refractivity contribution in [3.63, 3.8) is 0 Å². The van der Waals surface area contributed by atoms with Crippen LogP contribution in [0.4, 0.5) is 0 Å². The Morgan fingerprint density at radius 2 is 1.76 bits per heavy atom. The van der Waals surface area contributed by atoms with Crippen LogP contribution in [0.5, 0.6) is 0 Å². The number of hydrogen-bond donors (Lipinski definition) is 1. The number of likely N-dealkylation sites (tertiary alicyclic amines) is 1. The molecule has 0 unspecified atom stereocenters. The Balaban J connectivity index is 0.00000240. The molecular weight excluding hydrogens is 387 g/mol. The van der Waals surface area contributed by atoms with Gasteiger partial charge in [0.1, 0.15) is 0 Å². The van der Waals surface area contributed by atoms with E-state index in [2.05, 4.69) is 0 Å². The number of fused-ring (bicyclic) bond motifs is 1. The molecule has 1 aromatic carbocycles. The molecule has 146 valence electrons. The fraction of sp³-hybridized carbons (Fsp3) is 0.400. The number of β-lactam (4-membered cyclic amide) rings is 1. The number of aliphatic hydroxyl groups is 1. The van der Waals surface area contributed by atoms with E-state index in [1.54, 1.807) is 24.3 Å². The number of carboxylic acid groups (broad SMARTS) is 1. The third-order valence-corrected chi connectivity index (χ3v) is 5.72. The van der Waals surface area contributed by atoms with Crippen molar-refractivity contribution in [3.05, 3.63) is 41.1 Å². The fourth-order valence-corrected chi connectivity index (χ4v) is 4.31. The molecule has 1 aromatic rings. The van der Waals surface area contributed by atoms with E-state index in [0.29, 0.717) is 17.6 Å². The van der Waals surface area contributed by atoms with E-state index in [4.69, 9.17) is 0 Å². The van der Waals surface area contributed by atoms with Crippen LogP contribution in [0.25, 0.3) is 5.57 Å². The van der Waals surface area contributed by atoms with Crippen molar-refractivity contribution >= 4 is 29.3 Å². The van der Waals surface area contributed by atoms with Crippen molar-refractivity contribution in [1.82, 2.24) is 9.80 Å². The van der Waals surface area contributed by atoms with Gasteiger partial charge in [0.2, 0.25) is 17.7 Å². The summed E-state index contributed by atoms with van der Waals surface area (Å²) < 4.78 is 0. The molecule has 3 aliphatic heterocycles. The van der Waals surface area contributed by atoms with E-state index in [0.717, 1.165) is 5.56 Å². The van der Waals surface area contributed by atoms with E-state index < -0.39 is 23.9 Å². The van der Waals surface area contributed by atoms with Crippen LogP contribution in [0.2, 0.25) is 0 Å². The molecule has 0 radical (unpaired) electrons. The molecule has 0 aromatic heterocycles. The number of aliphatic hydroxyl groups excluding tert-OH is 1. The van der Waals surface area contributed by atoms with E-state index in [1.807, 2.05) is 0 Å². The van der Waals surface area contributed by atoms with Crippen LogP contribution < -0.4 is 34.7 Å². The zero-order chi connectivity index (χ0) is 20.2. The Labute approximate surface area is 189 Å². The zero-order valence-corrected chi connectivity index (χ0v) is 18.3. The smallest absolute Gasteiger partial charge is 0.543 e. The number of aliphatic carboxylic acids is 1. The average molecular weight is 406 g/mol. The van der Waals surface area contributed by atoms with Crippen molar-refractivity contribution in [3.8, 4) is 0 Å². The van der Waals surface area contributed by atoms with Crippen LogP contribution in [0.1, 0.15) is 37.3 Å². The first-order chi connectivity index (χ1) is 13.3. The van der Waals surface area contributed by atoms with Gasteiger partial charge in [-0.15, -0.1) is 0 Å². The van der Waals surface area contributed by atoms with Crippen molar-refractivity contribution in [2.45, 2.75) is 44.9 Å². The second-order valence-electron chi connectivity index (χ2n) is 7.43. The topological polar surface area (TPSA) is 118 Å². The number of carbonyl (C=O) groups excluding carboxylic acids is 4. The van der Waals surface area contributed by atoms with Crippen LogP contribution in [-0.4, -0.2) is 50.7 Å². The first-order valence-electron chi connectivity index (χ1n) is 9.17. The molecule has 0 aliphatic carbocycles. The first-order valence-corrected chi connectivity index (χ1v) is 9.17. The molecule has 3 heterocycles. The maximum atomic E-state index is 12.3. The molecule has 3 atom stereocenters. The molecule has 3 aliphatic rings. The predicted molar refractivity (Wildman–Crippen MR) is 93.6 cm³/mol. The number of amides is 3. The Hall–Kier alpha value is -2.00. The Morgan fingerprint density at radius 1 is 1.17 bits per heavy atom. The third kappa shape index (κ3) is 3.54. The molecule has 8 nitrogen and oxygen atoms in total. The van der Waals surface area contributed by atoms with Gasteiger partial charge in [-0.3, -0.25) is 19.3 Å². The zero-order valence-electron chi connectivity index (χ0n) is 16.3. The number of rotatable bonds is 5. The van der Waals surface area contributed by atoms with Gasteiger partial charge < -0.3 is 19.9 Å². The van der Waals surface area contributed by atoms with Gasteiger partial charge in [0.05, 0.1) is 36.3 Å². The average Bonchev–Trinajstić information content (AvgIpc) is 3.14. The largest absolute Gasteiger partial charge is 1.00 e. The summed E-state index contributed by atoms with van der Waals surface area (Å²) in [5.41, 5.74) is 1.72. The minimum atomic E-state index is -1.42. The molecule has 0 spiro atoms. The van der Waals surface area contributed by atoms with Gasteiger partial charge in [-0.1, -0.05) is 24.3 Å². The molecule has 2 saturated heterocycles. The van der Waals surface area contributed by atoms with E-state index >= 15 is 0 Å². The molecule has 29 heavy (non-hydrogen) atoms. The summed E-state index contributed by atoms with van der Waals surface area (Å²) >= 11 is 0. The van der Waals surface area contributed by atoms with Gasteiger partial charge in [0, 0.05) is 12.8 Å². The molecule has 0 bridgehead atoms. The summed E-state index contributed by atoms with van der Waals surface area (Å²) in [6, 6.07) is 6.52. The number of imide groups is 1. The minimum absolute atomic E-state index is 0. The Morgan fingerprint density at radius 3 is 2.28 bits per heavy atom. The summed E-state index contributed by atoms with van der Waals surface area (Å²) in [6.45, 7) is 1.70. The normalized spacial score (nSPS) is 24.4. The first kappa shape index (κ1) is 21.7. The molecular formula is C20H19N2NaO6. The Bertz CT molecular complexity index is 907. The standard InChI is InChI=1S/C20H20N2O6.Na/c1-10(23)17-14-8-13(18(20(27)28)22(14)19(17)26)12-4-2-11(3-5-12)9-21-15(24)6-7-16(21)25;/h2-5,10,14,17,23H,6-9H2,1H3,(H,27,28);/q;+1/p-1/t10-,14-,17-;/m1./s1. The van der Waals surface area contributed by atoms with Crippen molar-refractivity contribution in [1.29, 1.82) is 0 Å². The number of hydrogen-bond acceptors (Lipinski definition) is 6. The molecule has 3 amide bonds. The molecule has 9 heteroatoms. The fourth-order valence-electron chi connectivity index (χ4n) is 4.31. The quantitative estimate of drug-likeness (QED) is 0.307. The SMILES string of the molecule is C[C@@H](O)[C@H]1C(=O)N2C(C(=O)[O-])=C(c3ccc(CN4C(=O)CCC4=O)cc3)C[C@H]12.[Na+]. The van der Waals surface area contributed by atoms with Gasteiger partial charge >= 0.3 is 29.6 Å². The maximum absolute atomic E-state index is 12.3. The summed E-state index contributed by atoms with van der Waals surface area (Å²) in [6.07, 6.45) is -0.0651. The van der Waals surface area contributed by atoms with Crippen molar-refractivity contribution < 1.29 is 58.9 Å². The van der Waals surface area contributed by atoms with E-state index in [-0.39, 0.29) is 72.5 Å². The predicted octanol–water partition coefficient (Wildman–Crippen LogP) is -3.59. The van der Waals surface area contributed by atoms with Gasteiger partial charge in [0.25, 0.3) is 0 Å². The van der Waals surface area contributed by atoms with Crippen LogP contribution in [0.15, 0.2) is 30.0 Å². The summed E-state index contributed by atoms with van der Waals surface area (Å²) in [7, 11) is 0. The molecule has 2 fully saturated rings. The Kier molecular flexibility index (Phi) is 6.01. The van der Waals surface area contributed by atoms with Gasteiger partial charge in [-0.25, -0.2) is 0 Å². The van der Waals surface area contributed by atoms with Crippen LogP contribution in [-0.2, 0) is 25.7 Å². The van der Waals surface area contributed by atoms with Crippen molar-refractivity contribution in [2.75, 3.05) is 0 Å². The van der Waals surface area contributed by atoms with Crippen LogP contribution in [0.3, 0.4) is 0 Å². The number of nitrogens with zero attached hydrogens (tertiary/aromatic N) is 2. The summed E-state index contributed by atoms with van der Waals surface area (Å²) in [4.78, 5) is 49.8. The molecule has 4 rings (SSSR count). The second kappa shape index (κ2) is 8.02. The minimum Gasteiger partial charge on any atom is -0.543 e. The summed E-state index contributed by atoms with van der Waals surface area (Å²) in [5.74, 6) is -2.83.